The van der Waals surface area contributed by atoms with Crippen LogP contribution >= 0.6 is 0 Å². The summed E-state index contributed by atoms with van der Waals surface area (Å²) in [5.41, 5.74) is 6.82. The van der Waals surface area contributed by atoms with E-state index in [-0.39, 0.29) is 7.24 Å². The smallest absolute Gasteiger partial charge is 0.148 e. The number of rotatable bonds is 4. The van der Waals surface area contributed by atoms with Gasteiger partial charge in [0.2, 0.25) is 0 Å². The van der Waals surface area contributed by atoms with Gasteiger partial charge < -0.3 is 10.1 Å². The lowest BCUT2D eigenvalue weighted by Gasteiger charge is -2.12. The van der Waals surface area contributed by atoms with E-state index in [2.05, 4.69) is 34.3 Å². The molecule has 0 radical (unpaired) electrons. The van der Waals surface area contributed by atoms with Crippen molar-refractivity contribution in [3.8, 4) is 17.0 Å². The van der Waals surface area contributed by atoms with E-state index in [1.807, 2.05) is 6.07 Å². The summed E-state index contributed by atoms with van der Waals surface area (Å²) >= 11 is 0. The number of nitrogens with zero attached hydrogens (tertiary/aromatic N) is 2. The van der Waals surface area contributed by atoms with E-state index in [4.69, 9.17) is 4.74 Å². The number of hydrogen-bond acceptors (Lipinski definition) is 4. The fraction of sp³-hybridized carbons (Fsp3) is 0.217. The molecule has 0 unspecified atom stereocenters. The first-order valence-corrected chi connectivity index (χ1v) is 9.52. The quantitative estimate of drug-likeness (QED) is 0.664. The van der Waals surface area contributed by atoms with Crippen LogP contribution in [0.25, 0.3) is 17.0 Å². The predicted octanol–water partition coefficient (Wildman–Crippen LogP) is 5.39. The minimum absolute atomic E-state index is 0. The van der Waals surface area contributed by atoms with Crippen LogP contribution in [0.4, 0.5) is 10.2 Å². The van der Waals surface area contributed by atoms with E-state index >= 15 is 0 Å². The standard InChI is InChI=1S/C23H20FN3O.H2/c1-14-10-21-16(8-9-28-21)11-18(14)20-12-26-22(13-25-20)27-23(15-6-7-15)17-4-2-3-5-19(17)24;/h2-5,10-13H,6-9H2,1H3,(H,26,27);1H. The van der Waals surface area contributed by atoms with E-state index in [0.717, 1.165) is 54.1 Å². The Morgan fingerprint density at radius 3 is 2.71 bits per heavy atom. The number of allylic oxidation sites excluding steroid dienone is 1. The van der Waals surface area contributed by atoms with Crippen molar-refractivity contribution in [2.45, 2.75) is 26.2 Å². The highest BCUT2D eigenvalue weighted by atomic mass is 19.1. The molecule has 0 spiro atoms. The van der Waals surface area contributed by atoms with Gasteiger partial charge in [0, 0.05) is 24.7 Å². The Labute approximate surface area is 164 Å². The monoisotopic (exact) mass is 375 g/mol. The van der Waals surface area contributed by atoms with Crippen LogP contribution in [0.3, 0.4) is 0 Å². The molecule has 1 aliphatic heterocycles. The minimum atomic E-state index is -0.232. The average molecular weight is 375 g/mol. The topological polar surface area (TPSA) is 47.0 Å². The Hall–Kier alpha value is -3.21. The first-order valence-electron chi connectivity index (χ1n) is 9.52. The zero-order valence-corrected chi connectivity index (χ0v) is 15.6. The molecule has 1 saturated carbocycles. The number of aryl methyl sites for hydroxylation is 1. The van der Waals surface area contributed by atoms with E-state index in [1.165, 1.54) is 17.2 Å². The first kappa shape index (κ1) is 16.9. The zero-order chi connectivity index (χ0) is 19.1. The van der Waals surface area contributed by atoms with Crippen molar-refractivity contribution < 1.29 is 10.6 Å². The fourth-order valence-corrected chi connectivity index (χ4v) is 3.59. The highest BCUT2D eigenvalue weighted by Crippen LogP contribution is 2.37. The van der Waals surface area contributed by atoms with Crippen LogP contribution in [-0.2, 0) is 6.42 Å². The van der Waals surface area contributed by atoms with Gasteiger partial charge in [-0.2, -0.15) is 0 Å². The summed E-state index contributed by atoms with van der Waals surface area (Å²) in [4.78, 5) is 9.14. The number of benzene rings is 2. The van der Waals surface area contributed by atoms with Crippen molar-refractivity contribution in [2.24, 2.45) is 0 Å². The molecule has 0 atom stereocenters. The van der Waals surface area contributed by atoms with Crippen LogP contribution in [0, 0.1) is 12.7 Å². The van der Waals surface area contributed by atoms with E-state index < -0.39 is 0 Å². The summed E-state index contributed by atoms with van der Waals surface area (Å²) < 4.78 is 19.9. The maximum atomic E-state index is 14.2. The molecule has 2 aromatic carbocycles. The van der Waals surface area contributed by atoms with Crippen molar-refractivity contribution in [1.82, 2.24) is 9.97 Å². The van der Waals surface area contributed by atoms with Gasteiger partial charge in [-0.05, 0) is 60.7 Å². The first-order chi connectivity index (χ1) is 13.7. The van der Waals surface area contributed by atoms with Gasteiger partial charge in [-0.25, -0.2) is 9.37 Å². The van der Waals surface area contributed by atoms with Gasteiger partial charge in [0.25, 0.3) is 0 Å². The number of anilines is 1. The predicted molar refractivity (Wildman–Crippen MR) is 110 cm³/mol. The van der Waals surface area contributed by atoms with Crippen molar-refractivity contribution in [1.29, 1.82) is 0 Å². The van der Waals surface area contributed by atoms with Crippen LogP contribution in [-0.4, -0.2) is 16.6 Å². The molecule has 28 heavy (non-hydrogen) atoms. The molecule has 0 bridgehead atoms. The Balaban J connectivity index is 0.00000205. The van der Waals surface area contributed by atoms with Crippen LogP contribution in [0.1, 0.15) is 31.0 Å². The lowest BCUT2D eigenvalue weighted by Crippen LogP contribution is -2.04. The summed E-state index contributed by atoms with van der Waals surface area (Å²) in [6.07, 6.45) is 6.37. The van der Waals surface area contributed by atoms with Gasteiger partial charge >= 0.3 is 0 Å². The maximum Gasteiger partial charge on any atom is 0.148 e. The Bertz CT molecular complexity index is 1090. The molecular formula is C23H22FN3O. The minimum Gasteiger partial charge on any atom is -0.493 e. The number of aromatic nitrogens is 2. The van der Waals surface area contributed by atoms with Gasteiger partial charge in [0.15, 0.2) is 0 Å². The maximum absolute atomic E-state index is 14.2. The van der Waals surface area contributed by atoms with Crippen LogP contribution in [0.5, 0.6) is 5.75 Å². The van der Waals surface area contributed by atoms with Crippen LogP contribution in [0.2, 0.25) is 0 Å². The molecule has 1 aromatic heterocycles. The zero-order valence-electron chi connectivity index (χ0n) is 15.6. The molecule has 2 heterocycles. The van der Waals surface area contributed by atoms with Crippen LogP contribution in [0.15, 0.2) is 54.4 Å². The number of nitrogens with one attached hydrogen (secondary N) is 1. The summed E-state index contributed by atoms with van der Waals surface area (Å²) in [6, 6.07) is 11.0. The number of ether oxygens (including phenoxy) is 1. The molecule has 142 valence electrons. The second-order valence-electron chi connectivity index (χ2n) is 7.24. The van der Waals surface area contributed by atoms with Gasteiger partial charge in [-0.1, -0.05) is 12.1 Å². The van der Waals surface area contributed by atoms with Crippen LogP contribution < -0.4 is 10.1 Å². The summed E-state index contributed by atoms with van der Waals surface area (Å²) in [7, 11) is 0. The molecular weight excluding hydrogens is 353 g/mol. The third-order valence-electron chi connectivity index (χ3n) is 5.21. The lowest BCUT2D eigenvalue weighted by atomic mass is 10.0. The van der Waals surface area contributed by atoms with Crippen molar-refractivity contribution in [3.05, 3.63) is 76.9 Å². The van der Waals surface area contributed by atoms with Crippen molar-refractivity contribution in [3.63, 3.8) is 0 Å². The Morgan fingerprint density at radius 1 is 1.11 bits per heavy atom. The molecule has 5 heteroatoms. The van der Waals surface area contributed by atoms with Crippen molar-refractivity contribution >= 4 is 11.5 Å². The van der Waals surface area contributed by atoms with Gasteiger partial charge in [-0.3, -0.25) is 4.98 Å². The van der Waals surface area contributed by atoms with E-state index in [1.54, 1.807) is 24.5 Å². The Morgan fingerprint density at radius 2 is 1.96 bits per heavy atom. The Kier molecular flexibility index (Phi) is 4.08. The third kappa shape index (κ3) is 3.13. The average Bonchev–Trinajstić information content (AvgIpc) is 3.45. The molecule has 2 aliphatic rings. The lowest BCUT2D eigenvalue weighted by molar-refractivity contribution is 0.356. The van der Waals surface area contributed by atoms with Gasteiger partial charge in [0.1, 0.15) is 17.4 Å². The molecule has 1 N–H and O–H groups in total. The largest absolute Gasteiger partial charge is 0.493 e. The second kappa shape index (κ2) is 6.75. The number of hydrogen-bond donors (Lipinski definition) is 1. The number of fused-ring (bicyclic) bond motifs is 1. The second-order valence-corrected chi connectivity index (χ2v) is 7.24. The van der Waals surface area contributed by atoms with Gasteiger partial charge in [-0.15, -0.1) is 0 Å². The molecule has 3 aromatic rings. The van der Waals surface area contributed by atoms with E-state index in [9.17, 15) is 4.39 Å². The third-order valence-corrected chi connectivity index (χ3v) is 5.21. The highest BCUT2D eigenvalue weighted by molar-refractivity contribution is 5.80. The molecule has 1 aliphatic carbocycles. The SMILES string of the molecule is Cc1cc2c(cc1-c1cnc(NC(=C3CC3)c3ccccc3F)cn1)CCO2.[HH]. The fourth-order valence-electron chi connectivity index (χ4n) is 3.59. The summed E-state index contributed by atoms with van der Waals surface area (Å²) in [5, 5.41) is 3.28. The summed E-state index contributed by atoms with van der Waals surface area (Å²) in [6.45, 7) is 2.79. The molecule has 0 amide bonds. The van der Waals surface area contributed by atoms with Crippen molar-refractivity contribution in [2.75, 3.05) is 11.9 Å². The highest BCUT2D eigenvalue weighted by Gasteiger charge is 2.22. The molecule has 4 nitrogen and oxygen atoms in total. The summed E-state index contributed by atoms with van der Waals surface area (Å²) in [5.74, 6) is 1.35. The number of halogens is 1. The van der Waals surface area contributed by atoms with Gasteiger partial charge in [0.05, 0.1) is 24.7 Å². The molecule has 5 rings (SSSR count). The van der Waals surface area contributed by atoms with E-state index in [0.29, 0.717) is 11.4 Å². The molecule has 1 fully saturated rings. The normalized spacial score (nSPS) is 14.4. The molecule has 0 saturated heterocycles.